The molecule has 3 amide bonds. The number of nitrogens with zero attached hydrogens (tertiary/aromatic N) is 1. The van der Waals surface area contributed by atoms with Crippen molar-refractivity contribution < 1.29 is 19.4 Å². The number of hydrogen-bond acceptors (Lipinski definition) is 4. The molecule has 7 heteroatoms. The fraction of sp³-hybridized carbons (Fsp3) is 0.300. The number of carbonyl (C=O) groups is 2. The van der Waals surface area contributed by atoms with Crippen LogP contribution in [0.2, 0.25) is 5.02 Å². The van der Waals surface area contributed by atoms with E-state index in [2.05, 4.69) is 5.32 Å². The Labute approximate surface area is 162 Å². The SMILES string of the molecule is Cc1cccc(OC[C@H](O)CN2C(=O)N[C@](C)(c3ccc(Cl)cc3)C2=O)c1. The van der Waals surface area contributed by atoms with Crippen molar-refractivity contribution in [2.24, 2.45) is 0 Å². The van der Waals surface area contributed by atoms with Gasteiger partial charge in [0, 0.05) is 5.02 Å². The lowest BCUT2D eigenvalue weighted by atomic mass is 9.92. The largest absolute Gasteiger partial charge is 0.491 e. The van der Waals surface area contributed by atoms with Crippen LogP contribution in [0.4, 0.5) is 4.79 Å². The molecule has 2 aromatic carbocycles. The summed E-state index contributed by atoms with van der Waals surface area (Å²) in [5.74, 6) is 0.196. The minimum Gasteiger partial charge on any atom is -0.491 e. The van der Waals surface area contributed by atoms with Gasteiger partial charge in [-0.15, -0.1) is 0 Å². The summed E-state index contributed by atoms with van der Waals surface area (Å²) in [6.07, 6.45) is -1.01. The van der Waals surface area contributed by atoms with Crippen LogP contribution in [0.3, 0.4) is 0 Å². The van der Waals surface area contributed by atoms with Crippen LogP contribution in [0.5, 0.6) is 5.75 Å². The van der Waals surface area contributed by atoms with Crippen molar-refractivity contribution in [2.45, 2.75) is 25.5 Å². The van der Waals surface area contributed by atoms with Gasteiger partial charge in [0.2, 0.25) is 0 Å². The Hall–Kier alpha value is -2.57. The summed E-state index contributed by atoms with van der Waals surface area (Å²) in [6.45, 7) is 3.39. The number of ether oxygens (including phenoxy) is 1. The summed E-state index contributed by atoms with van der Waals surface area (Å²) in [7, 11) is 0. The lowest BCUT2D eigenvalue weighted by molar-refractivity contribution is -0.132. The second-order valence-electron chi connectivity index (χ2n) is 6.76. The van der Waals surface area contributed by atoms with Crippen LogP contribution >= 0.6 is 11.6 Å². The molecule has 1 heterocycles. The average Bonchev–Trinajstić information content (AvgIpc) is 2.85. The number of imide groups is 1. The fourth-order valence-electron chi connectivity index (χ4n) is 3.00. The first-order valence-electron chi connectivity index (χ1n) is 8.57. The lowest BCUT2D eigenvalue weighted by Crippen LogP contribution is -2.42. The van der Waals surface area contributed by atoms with Crippen LogP contribution < -0.4 is 10.1 Å². The van der Waals surface area contributed by atoms with Crippen LogP contribution in [0.15, 0.2) is 48.5 Å². The molecule has 1 fully saturated rings. The molecule has 1 aliphatic rings. The number of halogens is 1. The van der Waals surface area contributed by atoms with Gasteiger partial charge in [0.05, 0.1) is 6.54 Å². The van der Waals surface area contributed by atoms with Crippen LogP contribution in [-0.4, -0.2) is 41.2 Å². The number of aliphatic hydroxyl groups is 1. The highest BCUT2D eigenvalue weighted by atomic mass is 35.5. The van der Waals surface area contributed by atoms with Crippen molar-refractivity contribution in [3.63, 3.8) is 0 Å². The molecule has 0 bridgehead atoms. The maximum absolute atomic E-state index is 12.8. The highest BCUT2D eigenvalue weighted by Crippen LogP contribution is 2.29. The van der Waals surface area contributed by atoms with Gasteiger partial charge in [0.1, 0.15) is 24.0 Å². The Kier molecular flexibility index (Phi) is 5.39. The molecule has 0 aliphatic carbocycles. The van der Waals surface area contributed by atoms with E-state index in [1.165, 1.54) is 0 Å². The molecule has 2 atom stereocenters. The zero-order valence-corrected chi connectivity index (χ0v) is 15.9. The fourth-order valence-corrected chi connectivity index (χ4v) is 3.13. The van der Waals surface area contributed by atoms with E-state index in [9.17, 15) is 14.7 Å². The second-order valence-corrected chi connectivity index (χ2v) is 7.20. The normalized spacial score (nSPS) is 20.5. The molecule has 0 spiro atoms. The monoisotopic (exact) mass is 388 g/mol. The van der Waals surface area contributed by atoms with Crippen molar-refractivity contribution in [3.05, 3.63) is 64.7 Å². The predicted molar refractivity (Wildman–Crippen MR) is 102 cm³/mol. The highest BCUT2D eigenvalue weighted by Gasteiger charge is 2.49. The summed E-state index contributed by atoms with van der Waals surface area (Å²) in [5.41, 5.74) is 0.465. The topological polar surface area (TPSA) is 78.9 Å². The Morgan fingerprint density at radius 3 is 2.59 bits per heavy atom. The van der Waals surface area contributed by atoms with Crippen molar-refractivity contribution in [1.82, 2.24) is 10.2 Å². The number of carbonyl (C=O) groups excluding carboxylic acids is 2. The summed E-state index contributed by atoms with van der Waals surface area (Å²) in [5, 5.41) is 13.5. The number of aryl methyl sites for hydroxylation is 1. The van der Waals surface area contributed by atoms with Gasteiger partial charge >= 0.3 is 6.03 Å². The Morgan fingerprint density at radius 2 is 1.93 bits per heavy atom. The minimum absolute atomic E-state index is 0.0296. The van der Waals surface area contributed by atoms with E-state index in [4.69, 9.17) is 16.3 Å². The number of benzene rings is 2. The average molecular weight is 389 g/mol. The molecule has 142 valence electrons. The molecule has 0 unspecified atom stereocenters. The smallest absolute Gasteiger partial charge is 0.325 e. The zero-order valence-electron chi connectivity index (χ0n) is 15.1. The van der Waals surface area contributed by atoms with E-state index >= 15 is 0 Å². The number of aliphatic hydroxyl groups excluding tert-OH is 1. The Balaban J connectivity index is 1.65. The third-order valence-corrected chi connectivity index (χ3v) is 4.77. The van der Waals surface area contributed by atoms with Crippen LogP contribution in [0.1, 0.15) is 18.1 Å². The summed E-state index contributed by atoms with van der Waals surface area (Å²) in [4.78, 5) is 26.2. The van der Waals surface area contributed by atoms with Gasteiger partial charge in [0.25, 0.3) is 5.91 Å². The van der Waals surface area contributed by atoms with E-state index < -0.39 is 23.6 Å². The van der Waals surface area contributed by atoms with Gasteiger partial charge in [-0.05, 0) is 49.2 Å². The first-order chi connectivity index (χ1) is 12.8. The van der Waals surface area contributed by atoms with Gasteiger partial charge in [0.15, 0.2) is 0 Å². The van der Waals surface area contributed by atoms with Crippen molar-refractivity contribution in [3.8, 4) is 5.75 Å². The lowest BCUT2D eigenvalue weighted by Gasteiger charge is -2.23. The minimum atomic E-state index is -1.20. The molecule has 2 aromatic rings. The van der Waals surface area contributed by atoms with Crippen molar-refractivity contribution in [1.29, 1.82) is 0 Å². The number of urea groups is 1. The predicted octanol–water partition coefficient (Wildman–Crippen LogP) is 2.86. The molecule has 6 nitrogen and oxygen atoms in total. The van der Waals surface area contributed by atoms with E-state index in [-0.39, 0.29) is 13.2 Å². The quantitative estimate of drug-likeness (QED) is 0.746. The first-order valence-corrected chi connectivity index (χ1v) is 8.95. The molecule has 3 rings (SSSR count). The van der Waals surface area contributed by atoms with Gasteiger partial charge in [-0.25, -0.2) is 4.79 Å². The maximum atomic E-state index is 12.8. The molecule has 27 heavy (non-hydrogen) atoms. The van der Waals surface area contributed by atoms with Crippen LogP contribution in [0.25, 0.3) is 0 Å². The molecule has 2 N–H and O–H groups in total. The first kappa shape index (κ1) is 19.2. The molecule has 0 aromatic heterocycles. The number of hydrogen-bond donors (Lipinski definition) is 2. The van der Waals surface area contributed by atoms with Crippen LogP contribution in [0, 0.1) is 6.92 Å². The zero-order chi connectivity index (χ0) is 19.6. The van der Waals surface area contributed by atoms with E-state index in [0.29, 0.717) is 16.3 Å². The molecule has 1 aliphatic heterocycles. The van der Waals surface area contributed by atoms with Gasteiger partial charge in [-0.2, -0.15) is 0 Å². The second kappa shape index (κ2) is 7.58. The molecule has 0 radical (unpaired) electrons. The van der Waals surface area contributed by atoms with Gasteiger partial charge < -0.3 is 15.2 Å². The number of amides is 3. The summed E-state index contributed by atoms with van der Waals surface area (Å²) < 4.78 is 5.54. The molecular weight excluding hydrogens is 368 g/mol. The maximum Gasteiger partial charge on any atom is 0.325 e. The number of nitrogens with one attached hydrogen (secondary N) is 1. The number of rotatable bonds is 6. The van der Waals surface area contributed by atoms with Crippen molar-refractivity contribution in [2.75, 3.05) is 13.2 Å². The Bertz CT molecular complexity index is 855. The van der Waals surface area contributed by atoms with E-state index in [1.54, 1.807) is 37.3 Å². The van der Waals surface area contributed by atoms with Crippen molar-refractivity contribution >= 4 is 23.5 Å². The van der Waals surface area contributed by atoms with E-state index in [1.807, 2.05) is 25.1 Å². The van der Waals surface area contributed by atoms with Gasteiger partial charge in [-0.3, -0.25) is 9.69 Å². The highest BCUT2D eigenvalue weighted by molar-refractivity contribution is 6.30. The third-order valence-electron chi connectivity index (χ3n) is 4.52. The number of β-amino-alcohol motifs (C(OH)–C–C–N with tert-alkyl or cyclic N) is 1. The van der Waals surface area contributed by atoms with Crippen LogP contribution in [-0.2, 0) is 10.3 Å². The van der Waals surface area contributed by atoms with Gasteiger partial charge in [-0.1, -0.05) is 35.9 Å². The standard InChI is InChI=1S/C20H21ClN2O4/c1-13-4-3-5-17(10-13)27-12-16(24)11-23-18(25)20(2,22-19(23)26)14-6-8-15(21)9-7-14/h3-10,16,24H,11-12H2,1-2H3,(H,22,26)/t16-,20-/m1/s1. The molecular formula is C20H21ClN2O4. The summed E-state index contributed by atoms with van der Waals surface area (Å²) in [6, 6.07) is 13.6. The molecule has 1 saturated heterocycles. The molecule has 0 saturated carbocycles. The van der Waals surface area contributed by atoms with E-state index in [0.717, 1.165) is 10.5 Å². The summed E-state index contributed by atoms with van der Waals surface area (Å²) >= 11 is 5.89. The Morgan fingerprint density at radius 1 is 1.22 bits per heavy atom. The third kappa shape index (κ3) is 4.07.